The summed E-state index contributed by atoms with van der Waals surface area (Å²) in [6.45, 7) is 11.9. The van der Waals surface area contributed by atoms with Crippen LogP contribution in [0.15, 0.2) is 24.3 Å². The van der Waals surface area contributed by atoms with Gasteiger partial charge in [0.15, 0.2) is 5.78 Å². The SMILES string of the molecule is CCN1CCC[C@@H](C(=O)c2ccc(C(C)(C)C)cc2)C1. The second-order valence-corrected chi connectivity index (χ2v) is 6.92. The first-order chi connectivity index (χ1) is 9.41. The van der Waals surface area contributed by atoms with Crippen molar-refractivity contribution in [2.45, 2.75) is 46.0 Å². The molecule has 0 N–H and O–H groups in total. The van der Waals surface area contributed by atoms with Gasteiger partial charge in [0.05, 0.1) is 0 Å². The first-order valence-corrected chi connectivity index (χ1v) is 7.79. The van der Waals surface area contributed by atoms with Crippen molar-refractivity contribution in [3.63, 3.8) is 0 Å². The van der Waals surface area contributed by atoms with Crippen molar-refractivity contribution < 1.29 is 4.79 Å². The summed E-state index contributed by atoms with van der Waals surface area (Å²) in [5.41, 5.74) is 2.31. The fourth-order valence-electron chi connectivity index (χ4n) is 2.93. The van der Waals surface area contributed by atoms with Gasteiger partial charge in [-0.15, -0.1) is 0 Å². The minimum Gasteiger partial charge on any atom is -0.303 e. The predicted octanol–water partition coefficient (Wildman–Crippen LogP) is 3.90. The molecule has 110 valence electrons. The van der Waals surface area contributed by atoms with Gasteiger partial charge in [-0.25, -0.2) is 0 Å². The zero-order valence-corrected chi connectivity index (χ0v) is 13.3. The highest BCUT2D eigenvalue weighted by molar-refractivity contribution is 5.98. The van der Waals surface area contributed by atoms with E-state index < -0.39 is 0 Å². The Bertz CT molecular complexity index is 455. The lowest BCUT2D eigenvalue weighted by Crippen LogP contribution is -2.38. The Morgan fingerprint density at radius 3 is 2.45 bits per heavy atom. The Balaban J connectivity index is 2.09. The largest absolute Gasteiger partial charge is 0.303 e. The van der Waals surface area contributed by atoms with E-state index in [0.29, 0.717) is 5.78 Å². The number of carbonyl (C=O) groups is 1. The van der Waals surface area contributed by atoms with Crippen molar-refractivity contribution in [1.29, 1.82) is 0 Å². The fraction of sp³-hybridized carbons (Fsp3) is 0.611. The maximum atomic E-state index is 12.6. The third-order valence-electron chi connectivity index (χ3n) is 4.36. The summed E-state index contributed by atoms with van der Waals surface area (Å²) in [6, 6.07) is 8.23. The Labute approximate surface area is 123 Å². The van der Waals surface area contributed by atoms with Crippen molar-refractivity contribution in [2.75, 3.05) is 19.6 Å². The standard InChI is InChI=1S/C18H27NO/c1-5-19-12-6-7-15(13-19)17(20)14-8-10-16(11-9-14)18(2,3)4/h8-11,15H,5-7,12-13H2,1-4H3/t15-/m1/s1. The van der Waals surface area contributed by atoms with Crippen LogP contribution in [0.1, 0.15) is 56.5 Å². The molecule has 0 unspecified atom stereocenters. The number of hydrogen-bond acceptors (Lipinski definition) is 2. The molecule has 2 nitrogen and oxygen atoms in total. The number of nitrogens with zero attached hydrogens (tertiary/aromatic N) is 1. The number of hydrogen-bond donors (Lipinski definition) is 0. The number of piperidine rings is 1. The second-order valence-electron chi connectivity index (χ2n) is 6.92. The van der Waals surface area contributed by atoms with Gasteiger partial charge in [0, 0.05) is 18.0 Å². The summed E-state index contributed by atoms with van der Waals surface area (Å²) in [5.74, 6) is 0.507. The topological polar surface area (TPSA) is 20.3 Å². The van der Waals surface area contributed by atoms with Crippen molar-refractivity contribution in [3.8, 4) is 0 Å². The van der Waals surface area contributed by atoms with Crippen molar-refractivity contribution in [3.05, 3.63) is 35.4 Å². The molecule has 1 aromatic rings. The molecule has 1 aromatic carbocycles. The van der Waals surface area contributed by atoms with Gasteiger partial charge in [0.25, 0.3) is 0 Å². The molecule has 1 atom stereocenters. The molecular weight excluding hydrogens is 246 g/mol. The first kappa shape index (κ1) is 15.2. The highest BCUT2D eigenvalue weighted by atomic mass is 16.1. The molecule has 0 aromatic heterocycles. The quantitative estimate of drug-likeness (QED) is 0.779. The van der Waals surface area contributed by atoms with Gasteiger partial charge in [-0.2, -0.15) is 0 Å². The summed E-state index contributed by atoms with van der Waals surface area (Å²) in [7, 11) is 0. The van der Waals surface area contributed by atoms with E-state index in [1.807, 2.05) is 12.1 Å². The van der Waals surface area contributed by atoms with E-state index in [0.717, 1.165) is 38.0 Å². The van der Waals surface area contributed by atoms with Crippen LogP contribution in [0.2, 0.25) is 0 Å². The predicted molar refractivity (Wildman–Crippen MR) is 84.3 cm³/mol. The molecule has 0 spiro atoms. The Morgan fingerprint density at radius 2 is 1.90 bits per heavy atom. The molecule has 0 bridgehead atoms. The van der Waals surface area contributed by atoms with Crippen LogP contribution in [0.4, 0.5) is 0 Å². The average Bonchev–Trinajstić information content (AvgIpc) is 2.46. The van der Waals surface area contributed by atoms with E-state index in [4.69, 9.17) is 0 Å². The molecule has 20 heavy (non-hydrogen) atoms. The van der Waals surface area contributed by atoms with Crippen LogP contribution in [0, 0.1) is 5.92 Å². The summed E-state index contributed by atoms with van der Waals surface area (Å²) < 4.78 is 0. The summed E-state index contributed by atoms with van der Waals surface area (Å²) in [5, 5.41) is 0. The van der Waals surface area contributed by atoms with Gasteiger partial charge in [0.2, 0.25) is 0 Å². The van der Waals surface area contributed by atoms with Crippen LogP contribution in [0.25, 0.3) is 0 Å². The number of Topliss-reactive ketones (excluding diaryl/α,β-unsaturated/α-hetero) is 1. The maximum absolute atomic E-state index is 12.6. The van der Waals surface area contributed by atoms with Crippen LogP contribution in [0.5, 0.6) is 0 Å². The smallest absolute Gasteiger partial charge is 0.167 e. The highest BCUT2D eigenvalue weighted by Crippen LogP contribution is 2.25. The third-order valence-corrected chi connectivity index (χ3v) is 4.36. The molecule has 0 aliphatic carbocycles. The highest BCUT2D eigenvalue weighted by Gasteiger charge is 2.26. The molecule has 2 heteroatoms. The second kappa shape index (κ2) is 6.09. The van der Waals surface area contributed by atoms with Gasteiger partial charge in [-0.05, 0) is 36.9 Å². The Morgan fingerprint density at radius 1 is 1.25 bits per heavy atom. The average molecular weight is 273 g/mol. The van der Waals surface area contributed by atoms with Crippen LogP contribution in [0.3, 0.4) is 0 Å². The Kier molecular flexibility index (Phi) is 4.64. The van der Waals surface area contributed by atoms with Gasteiger partial charge in [-0.1, -0.05) is 52.0 Å². The van der Waals surface area contributed by atoms with E-state index >= 15 is 0 Å². The van der Waals surface area contributed by atoms with E-state index in [9.17, 15) is 4.79 Å². The molecule has 0 amide bonds. The molecule has 1 heterocycles. The molecule has 0 radical (unpaired) electrons. The van der Waals surface area contributed by atoms with Crippen molar-refractivity contribution in [2.24, 2.45) is 5.92 Å². The van der Waals surface area contributed by atoms with Crippen molar-refractivity contribution >= 4 is 5.78 Å². The van der Waals surface area contributed by atoms with Gasteiger partial charge in [0.1, 0.15) is 0 Å². The van der Waals surface area contributed by atoms with Crippen LogP contribution in [-0.4, -0.2) is 30.3 Å². The minimum atomic E-state index is 0.144. The number of benzene rings is 1. The normalized spacial score (nSPS) is 20.9. The summed E-state index contributed by atoms with van der Waals surface area (Å²) >= 11 is 0. The molecule has 1 aliphatic rings. The molecule has 1 aliphatic heterocycles. The molecule has 1 fully saturated rings. The Hall–Kier alpha value is -1.15. The third kappa shape index (κ3) is 3.49. The van der Waals surface area contributed by atoms with E-state index in [-0.39, 0.29) is 11.3 Å². The van der Waals surface area contributed by atoms with Crippen LogP contribution < -0.4 is 0 Å². The summed E-state index contributed by atoms with van der Waals surface area (Å²) in [6.07, 6.45) is 2.18. The number of ketones is 1. The lowest BCUT2D eigenvalue weighted by molar-refractivity contribution is 0.0825. The monoisotopic (exact) mass is 273 g/mol. The lowest BCUT2D eigenvalue weighted by atomic mass is 9.85. The number of carbonyl (C=O) groups excluding carboxylic acids is 1. The van der Waals surface area contributed by atoms with E-state index in [1.54, 1.807) is 0 Å². The van der Waals surface area contributed by atoms with Crippen LogP contribution >= 0.6 is 0 Å². The summed E-state index contributed by atoms with van der Waals surface area (Å²) in [4.78, 5) is 15.0. The molecule has 1 saturated heterocycles. The maximum Gasteiger partial charge on any atom is 0.167 e. The van der Waals surface area contributed by atoms with Crippen molar-refractivity contribution in [1.82, 2.24) is 4.90 Å². The molecule has 0 saturated carbocycles. The number of likely N-dealkylation sites (tertiary alicyclic amines) is 1. The molecule has 2 rings (SSSR count). The fourth-order valence-corrected chi connectivity index (χ4v) is 2.93. The first-order valence-electron chi connectivity index (χ1n) is 7.79. The molecular formula is C18H27NO. The van der Waals surface area contributed by atoms with Crippen LogP contribution in [-0.2, 0) is 5.41 Å². The minimum absolute atomic E-state index is 0.144. The zero-order valence-electron chi connectivity index (χ0n) is 13.3. The van der Waals surface area contributed by atoms with Gasteiger partial charge >= 0.3 is 0 Å². The zero-order chi connectivity index (χ0) is 14.8. The van der Waals surface area contributed by atoms with Gasteiger partial charge < -0.3 is 4.90 Å². The number of rotatable bonds is 3. The van der Waals surface area contributed by atoms with Gasteiger partial charge in [-0.3, -0.25) is 4.79 Å². The van der Waals surface area contributed by atoms with E-state index in [2.05, 4.69) is 44.7 Å². The lowest BCUT2D eigenvalue weighted by Gasteiger charge is -2.31. The van der Waals surface area contributed by atoms with E-state index in [1.165, 1.54) is 5.56 Å².